The second-order valence-corrected chi connectivity index (χ2v) is 5.38. The van der Waals surface area contributed by atoms with Crippen LogP contribution in [-0.2, 0) is 9.47 Å². The molecule has 2 unspecified atom stereocenters. The Balaban J connectivity index is 2.06. The largest absolute Gasteiger partial charge is 0.377 e. The number of carbonyl (C=O) groups excluding carboxylic acids is 1. The van der Waals surface area contributed by atoms with Crippen LogP contribution >= 0.6 is 11.3 Å². The van der Waals surface area contributed by atoms with Crippen molar-refractivity contribution in [3.8, 4) is 11.8 Å². The lowest BCUT2D eigenvalue weighted by atomic mass is 10.2. The lowest BCUT2D eigenvalue weighted by Crippen LogP contribution is -2.29. The van der Waals surface area contributed by atoms with Crippen molar-refractivity contribution in [2.24, 2.45) is 5.73 Å². The van der Waals surface area contributed by atoms with Gasteiger partial charge in [0.25, 0.3) is 5.91 Å². The maximum Gasteiger partial charge on any atom is 0.254 e. The number of likely N-dealkylation sites (tertiary alicyclic amines) is 1. The second kappa shape index (κ2) is 6.86. The van der Waals surface area contributed by atoms with Crippen LogP contribution in [0.25, 0.3) is 0 Å². The number of rotatable bonds is 3. The molecule has 2 N–H and O–H groups in total. The Kier molecular flexibility index (Phi) is 5.15. The molecule has 1 saturated heterocycles. The summed E-state index contributed by atoms with van der Waals surface area (Å²) in [4.78, 5) is 15.0. The second-order valence-electron chi connectivity index (χ2n) is 4.46. The van der Waals surface area contributed by atoms with Gasteiger partial charge in [0.05, 0.1) is 17.0 Å². The van der Waals surface area contributed by atoms with Gasteiger partial charge in [-0.3, -0.25) is 4.79 Å². The van der Waals surface area contributed by atoms with Gasteiger partial charge in [0.2, 0.25) is 0 Å². The van der Waals surface area contributed by atoms with Crippen molar-refractivity contribution in [1.82, 2.24) is 4.90 Å². The van der Waals surface area contributed by atoms with Gasteiger partial charge in [-0.05, 0) is 6.07 Å². The highest BCUT2D eigenvalue weighted by atomic mass is 32.1. The van der Waals surface area contributed by atoms with E-state index in [-0.39, 0.29) is 18.1 Å². The predicted octanol–water partition coefficient (Wildman–Crippen LogP) is 0.544. The molecule has 0 aromatic carbocycles. The molecule has 1 amide bonds. The fraction of sp³-hybridized carbons (Fsp3) is 0.500. The van der Waals surface area contributed by atoms with Crippen molar-refractivity contribution in [2.45, 2.75) is 12.2 Å². The Hall–Kier alpha value is -1.39. The van der Waals surface area contributed by atoms with E-state index in [1.165, 1.54) is 11.3 Å². The van der Waals surface area contributed by atoms with E-state index in [2.05, 4.69) is 11.8 Å². The lowest BCUT2D eigenvalue weighted by Gasteiger charge is -2.14. The van der Waals surface area contributed by atoms with Gasteiger partial charge in [-0.2, -0.15) is 0 Å². The minimum absolute atomic E-state index is 0.0105. The summed E-state index contributed by atoms with van der Waals surface area (Å²) >= 11 is 1.45. The predicted molar refractivity (Wildman–Crippen MR) is 77.7 cm³/mol. The van der Waals surface area contributed by atoms with Crippen molar-refractivity contribution in [2.75, 3.05) is 33.9 Å². The van der Waals surface area contributed by atoms with Crippen LogP contribution in [0.3, 0.4) is 0 Å². The van der Waals surface area contributed by atoms with Gasteiger partial charge in [-0.15, -0.1) is 11.3 Å². The number of amides is 1. The number of thiophene rings is 1. The van der Waals surface area contributed by atoms with Crippen LogP contribution in [0, 0.1) is 11.8 Å². The maximum atomic E-state index is 12.4. The zero-order valence-electron chi connectivity index (χ0n) is 11.6. The zero-order valence-corrected chi connectivity index (χ0v) is 12.4. The minimum atomic E-state index is -0.0703. The zero-order chi connectivity index (χ0) is 14.5. The topological polar surface area (TPSA) is 64.8 Å². The molecular weight excluding hydrogens is 276 g/mol. The van der Waals surface area contributed by atoms with Gasteiger partial charge in [-0.25, -0.2) is 0 Å². The summed E-state index contributed by atoms with van der Waals surface area (Å²) in [5, 5.41) is 1.82. The molecule has 0 saturated carbocycles. The highest BCUT2D eigenvalue weighted by Gasteiger charge is 2.35. The summed E-state index contributed by atoms with van der Waals surface area (Å²) in [5.41, 5.74) is 5.99. The van der Waals surface area contributed by atoms with E-state index in [1.54, 1.807) is 25.2 Å². The van der Waals surface area contributed by atoms with Crippen LogP contribution < -0.4 is 5.73 Å². The molecule has 5 nitrogen and oxygen atoms in total. The molecular formula is C14H18N2O3S. The summed E-state index contributed by atoms with van der Waals surface area (Å²) in [7, 11) is 3.27. The van der Waals surface area contributed by atoms with Crippen LogP contribution in [0.2, 0.25) is 0 Å². The highest BCUT2D eigenvalue weighted by molar-refractivity contribution is 7.10. The van der Waals surface area contributed by atoms with Crippen LogP contribution in [-0.4, -0.2) is 56.9 Å². The Morgan fingerprint density at radius 1 is 1.45 bits per heavy atom. The summed E-state index contributed by atoms with van der Waals surface area (Å²) in [5.74, 6) is 5.70. The van der Waals surface area contributed by atoms with E-state index < -0.39 is 0 Å². The Morgan fingerprint density at radius 3 is 2.65 bits per heavy atom. The Morgan fingerprint density at radius 2 is 2.10 bits per heavy atom. The average molecular weight is 294 g/mol. The van der Waals surface area contributed by atoms with Gasteiger partial charge in [0.15, 0.2) is 0 Å². The molecule has 0 aliphatic carbocycles. The van der Waals surface area contributed by atoms with Gasteiger partial charge in [0.1, 0.15) is 12.2 Å². The first kappa shape index (κ1) is 15.0. The van der Waals surface area contributed by atoms with E-state index in [0.29, 0.717) is 25.2 Å². The third kappa shape index (κ3) is 3.19. The minimum Gasteiger partial charge on any atom is -0.377 e. The van der Waals surface area contributed by atoms with Gasteiger partial charge < -0.3 is 20.1 Å². The normalized spacial score (nSPS) is 21.6. The first-order valence-electron chi connectivity index (χ1n) is 6.32. The molecule has 0 radical (unpaired) electrons. The number of hydrogen-bond acceptors (Lipinski definition) is 5. The smallest absolute Gasteiger partial charge is 0.254 e. The highest BCUT2D eigenvalue weighted by Crippen LogP contribution is 2.21. The standard InChI is InChI=1S/C14H18N2O3S/c1-18-12-7-16(8-13(12)19-2)14(17)10-6-11(20-9-10)4-3-5-15/h6,9,12-13H,5,7-8,15H2,1-2H3. The van der Waals surface area contributed by atoms with Crippen LogP contribution in [0.4, 0.5) is 0 Å². The molecule has 6 heteroatoms. The number of carbonyl (C=O) groups is 1. The van der Waals surface area contributed by atoms with Crippen molar-refractivity contribution >= 4 is 17.2 Å². The molecule has 0 bridgehead atoms. The fourth-order valence-corrected chi connectivity index (χ4v) is 2.95. The Labute approximate surface area is 122 Å². The molecule has 1 aromatic heterocycles. The van der Waals surface area contributed by atoms with E-state index in [0.717, 1.165) is 4.88 Å². The number of ether oxygens (including phenoxy) is 2. The molecule has 1 aliphatic heterocycles. The van der Waals surface area contributed by atoms with Crippen molar-refractivity contribution in [1.29, 1.82) is 0 Å². The van der Waals surface area contributed by atoms with E-state index in [9.17, 15) is 4.79 Å². The maximum absolute atomic E-state index is 12.4. The van der Waals surface area contributed by atoms with Crippen LogP contribution in [0.15, 0.2) is 11.4 Å². The number of hydrogen-bond donors (Lipinski definition) is 1. The van der Waals surface area contributed by atoms with Crippen molar-refractivity contribution in [3.05, 3.63) is 21.9 Å². The van der Waals surface area contributed by atoms with Crippen LogP contribution in [0.5, 0.6) is 0 Å². The molecule has 2 rings (SSSR count). The van der Waals surface area contributed by atoms with Gasteiger partial charge in [0, 0.05) is 32.7 Å². The molecule has 1 aliphatic rings. The molecule has 1 aromatic rings. The third-order valence-electron chi connectivity index (χ3n) is 3.27. The fourth-order valence-electron chi connectivity index (χ4n) is 2.20. The van der Waals surface area contributed by atoms with E-state index in [1.807, 2.05) is 5.38 Å². The van der Waals surface area contributed by atoms with Gasteiger partial charge >= 0.3 is 0 Å². The third-order valence-corrected chi connectivity index (χ3v) is 4.11. The summed E-state index contributed by atoms with van der Waals surface area (Å²) in [6, 6.07) is 1.80. The molecule has 2 atom stereocenters. The van der Waals surface area contributed by atoms with E-state index >= 15 is 0 Å². The summed E-state index contributed by atoms with van der Waals surface area (Å²) in [6.07, 6.45) is -0.141. The molecule has 20 heavy (non-hydrogen) atoms. The van der Waals surface area contributed by atoms with Crippen molar-refractivity contribution < 1.29 is 14.3 Å². The lowest BCUT2D eigenvalue weighted by molar-refractivity contribution is -0.00461. The van der Waals surface area contributed by atoms with Crippen LogP contribution in [0.1, 0.15) is 15.2 Å². The monoisotopic (exact) mass is 294 g/mol. The Bertz CT molecular complexity index is 520. The first-order chi connectivity index (χ1) is 9.69. The molecule has 1 fully saturated rings. The first-order valence-corrected chi connectivity index (χ1v) is 7.20. The molecule has 0 spiro atoms. The number of methoxy groups -OCH3 is 2. The number of nitrogens with zero attached hydrogens (tertiary/aromatic N) is 1. The summed E-state index contributed by atoms with van der Waals surface area (Å²) < 4.78 is 10.7. The van der Waals surface area contributed by atoms with Gasteiger partial charge in [-0.1, -0.05) is 11.8 Å². The molecule has 2 heterocycles. The SMILES string of the molecule is COC1CN(C(=O)c2csc(C#CCN)c2)CC1OC. The summed E-state index contributed by atoms with van der Waals surface area (Å²) in [6.45, 7) is 1.42. The molecule has 108 valence electrons. The number of nitrogens with two attached hydrogens (primary N) is 1. The quantitative estimate of drug-likeness (QED) is 0.827. The van der Waals surface area contributed by atoms with E-state index in [4.69, 9.17) is 15.2 Å². The van der Waals surface area contributed by atoms with Crippen molar-refractivity contribution in [3.63, 3.8) is 0 Å². The average Bonchev–Trinajstić information content (AvgIpc) is 3.10.